The highest BCUT2D eigenvalue weighted by Gasteiger charge is 2.32. The summed E-state index contributed by atoms with van der Waals surface area (Å²) in [6.45, 7) is 0.447. The van der Waals surface area contributed by atoms with Gasteiger partial charge in [0.1, 0.15) is 11.9 Å². The Labute approximate surface area is 120 Å². The summed E-state index contributed by atoms with van der Waals surface area (Å²) >= 11 is 0. The van der Waals surface area contributed by atoms with Crippen LogP contribution in [0.15, 0.2) is 18.2 Å². The average molecular weight is 305 g/mol. The summed E-state index contributed by atoms with van der Waals surface area (Å²) in [4.78, 5) is 22.8. The van der Waals surface area contributed by atoms with E-state index < -0.39 is 22.8 Å². The molecule has 0 bridgehead atoms. The predicted octanol–water partition coefficient (Wildman–Crippen LogP) is 2.20. The lowest BCUT2D eigenvalue weighted by molar-refractivity contribution is -0.386. The predicted molar refractivity (Wildman–Crippen MR) is 71.4 cm³/mol. The van der Waals surface area contributed by atoms with Crippen LogP contribution in [0.2, 0.25) is 0 Å². The Kier molecular flexibility index (Phi) is 5.41. The van der Waals surface area contributed by atoms with Crippen LogP contribution in [0, 0.1) is 15.9 Å². The fourth-order valence-corrected chi connectivity index (χ4v) is 2.37. The minimum absolute atomic E-state index is 0. The van der Waals surface area contributed by atoms with Gasteiger partial charge < -0.3 is 5.11 Å². The van der Waals surface area contributed by atoms with E-state index in [0.29, 0.717) is 19.4 Å². The Balaban J connectivity index is 0.00000200. The van der Waals surface area contributed by atoms with Crippen molar-refractivity contribution < 1.29 is 19.2 Å². The molecule has 1 saturated heterocycles. The summed E-state index contributed by atoms with van der Waals surface area (Å²) in [5.41, 5.74) is -0.364. The fourth-order valence-electron chi connectivity index (χ4n) is 2.37. The summed E-state index contributed by atoms with van der Waals surface area (Å²) in [6, 6.07) is 2.95. The second kappa shape index (κ2) is 6.62. The van der Waals surface area contributed by atoms with Gasteiger partial charge in [0.15, 0.2) is 0 Å². The Morgan fingerprint density at radius 3 is 2.85 bits per heavy atom. The lowest BCUT2D eigenvalue weighted by atomic mass is 10.1. The lowest BCUT2D eigenvalue weighted by Crippen LogP contribution is -2.35. The van der Waals surface area contributed by atoms with Gasteiger partial charge in [-0.3, -0.25) is 19.8 Å². The molecule has 1 aliphatic rings. The Hall–Kier alpha value is -1.73. The van der Waals surface area contributed by atoms with Crippen LogP contribution in [0.4, 0.5) is 10.1 Å². The van der Waals surface area contributed by atoms with Gasteiger partial charge in [0.05, 0.1) is 10.5 Å². The first-order valence-corrected chi connectivity index (χ1v) is 5.89. The molecule has 8 heteroatoms. The third-order valence-corrected chi connectivity index (χ3v) is 3.30. The van der Waals surface area contributed by atoms with Crippen molar-refractivity contribution in [1.29, 1.82) is 0 Å². The number of hydrogen-bond acceptors (Lipinski definition) is 4. The molecule has 1 fully saturated rings. The Morgan fingerprint density at radius 1 is 1.55 bits per heavy atom. The SMILES string of the molecule is Cl.O=C(O)[C@@H]1CCCN1Cc1c(F)cccc1[N+](=O)[O-]. The third kappa shape index (κ3) is 3.23. The number of carboxylic acid groups (broad SMARTS) is 1. The monoisotopic (exact) mass is 304 g/mol. The smallest absolute Gasteiger partial charge is 0.320 e. The normalized spacial score (nSPS) is 18.6. The number of hydrogen-bond donors (Lipinski definition) is 1. The Morgan fingerprint density at radius 2 is 2.25 bits per heavy atom. The lowest BCUT2D eigenvalue weighted by Gasteiger charge is -2.21. The summed E-state index contributed by atoms with van der Waals surface area (Å²) in [5.74, 6) is -1.65. The average Bonchev–Trinajstić information content (AvgIpc) is 2.79. The number of benzene rings is 1. The molecule has 0 spiro atoms. The third-order valence-electron chi connectivity index (χ3n) is 3.30. The molecule has 0 aliphatic carbocycles. The number of aliphatic carboxylic acids is 1. The molecule has 1 N–H and O–H groups in total. The number of likely N-dealkylation sites (tertiary alicyclic amines) is 1. The van der Waals surface area contributed by atoms with Crippen molar-refractivity contribution in [3.8, 4) is 0 Å². The molecule has 6 nitrogen and oxygen atoms in total. The van der Waals surface area contributed by atoms with Crippen molar-refractivity contribution in [1.82, 2.24) is 4.90 Å². The summed E-state index contributed by atoms with van der Waals surface area (Å²) in [7, 11) is 0. The number of nitrogens with zero attached hydrogens (tertiary/aromatic N) is 2. The molecule has 1 aromatic rings. The molecule has 20 heavy (non-hydrogen) atoms. The number of halogens is 2. The first-order valence-electron chi connectivity index (χ1n) is 5.89. The van der Waals surface area contributed by atoms with Gasteiger partial charge in [-0.1, -0.05) is 6.07 Å². The van der Waals surface area contributed by atoms with Crippen molar-refractivity contribution in [2.75, 3.05) is 6.54 Å². The number of nitro benzene ring substituents is 1. The van der Waals surface area contributed by atoms with Crippen LogP contribution >= 0.6 is 12.4 Å². The fraction of sp³-hybridized carbons (Fsp3) is 0.417. The largest absolute Gasteiger partial charge is 0.480 e. The van der Waals surface area contributed by atoms with Crippen molar-refractivity contribution in [3.05, 3.63) is 39.7 Å². The van der Waals surface area contributed by atoms with Crippen LogP contribution in [0.5, 0.6) is 0 Å². The highest BCUT2D eigenvalue weighted by Crippen LogP contribution is 2.27. The Bertz CT molecular complexity index is 526. The molecule has 1 atom stereocenters. The maximum Gasteiger partial charge on any atom is 0.320 e. The quantitative estimate of drug-likeness (QED) is 0.681. The van der Waals surface area contributed by atoms with Crippen molar-refractivity contribution >= 4 is 24.1 Å². The molecule has 0 saturated carbocycles. The summed E-state index contributed by atoms with van der Waals surface area (Å²) in [5, 5.41) is 19.9. The molecule has 0 amide bonds. The van der Waals surface area contributed by atoms with Gasteiger partial charge >= 0.3 is 5.97 Å². The molecule has 0 unspecified atom stereocenters. The van der Waals surface area contributed by atoms with Gasteiger partial charge in [-0.25, -0.2) is 4.39 Å². The molecular formula is C12H14ClFN2O4. The molecule has 2 rings (SSSR count). The zero-order chi connectivity index (χ0) is 14.0. The highest BCUT2D eigenvalue weighted by molar-refractivity contribution is 5.85. The van der Waals surface area contributed by atoms with Crippen LogP contribution in [-0.4, -0.2) is 33.5 Å². The minimum Gasteiger partial charge on any atom is -0.480 e. The van der Waals surface area contributed by atoms with E-state index in [-0.39, 0.29) is 30.2 Å². The molecule has 0 radical (unpaired) electrons. The van der Waals surface area contributed by atoms with E-state index in [1.807, 2.05) is 0 Å². The van der Waals surface area contributed by atoms with Crippen LogP contribution in [0.25, 0.3) is 0 Å². The molecule has 1 heterocycles. The van der Waals surface area contributed by atoms with Gasteiger partial charge in [-0.05, 0) is 25.5 Å². The van der Waals surface area contributed by atoms with Crippen molar-refractivity contribution in [2.24, 2.45) is 0 Å². The second-order valence-electron chi connectivity index (χ2n) is 4.46. The molecule has 1 aliphatic heterocycles. The van der Waals surface area contributed by atoms with Crippen molar-refractivity contribution in [3.63, 3.8) is 0 Å². The van der Waals surface area contributed by atoms with Gasteiger partial charge in [0.2, 0.25) is 0 Å². The molecule has 110 valence electrons. The van der Waals surface area contributed by atoms with Crippen LogP contribution in [0.3, 0.4) is 0 Å². The van der Waals surface area contributed by atoms with E-state index in [9.17, 15) is 19.3 Å². The summed E-state index contributed by atoms with van der Waals surface area (Å²) in [6.07, 6.45) is 1.18. The van der Waals surface area contributed by atoms with Gasteiger partial charge in [-0.2, -0.15) is 0 Å². The number of rotatable bonds is 4. The van der Waals surface area contributed by atoms with E-state index in [4.69, 9.17) is 5.11 Å². The summed E-state index contributed by atoms with van der Waals surface area (Å²) < 4.78 is 13.7. The number of carbonyl (C=O) groups is 1. The topological polar surface area (TPSA) is 83.7 Å². The van der Waals surface area contributed by atoms with E-state index in [1.54, 1.807) is 4.90 Å². The highest BCUT2D eigenvalue weighted by atomic mass is 35.5. The van der Waals surface area contributed by atoms with E-state index >= 15 is 0 Å². The first kappa shape index (κ1) is 16.3. The second-order valence-corrected chi connectivity index (χ2v) is 4.46. The van der Waals surface area contributed by atoms with Crippen molar-refractivity contribution in [2.45, 2.75) is 25.4 Å². The minimum atomic E-state index is -0.975. The van der Waals surface area contributed by atoms with Crippen LogP contribution in [0.1, 0.15) is 18.4 Å². The number of carboxylic acids is 1. The van der Waals surface area contributed by atoms with E-state index in [2.05, 4.69) is 0 Å². The zero-order valence-corrected chi connectivity index (χ0v) is 11.3. The number of nitro groups is 1. The van der Waals surface area contributed by atoms with E-state index in [0.717, 1.165) is 6.07 Å². The first-order chi connectivity index (χ1) is 9.00. The van der Waals surface area contributed by atoms with Crippen LogP contribution in [-0.2, 0) is 11.3 Å². The van der Waals surface area contributed by atoms with E-state index in [1.165, 1.54) is 12.1 Å². The maximum absolute atomic E-state index is 13.7. The maximum atomic E-state index is 13.7. The van der Waals surface area contributed by atoms with Gasteiger partial charge in [0.25, 0.3) is 5.69 Å². The van der Waals surface area contributed by atoms with Gasteiger partial charge in [0, 0.05) is 12.6 Å². The molecular weight excluding hydrogens is 291 g/mol. The van der Waals surface area contributed by atoms with Gasteiger partial charge in [-0.15, -0.1) is 12.4 Å². The molecule has 1 aromatic carbocycles. The van der Waals surface area contributed by atoms with Crippen LogP contribution < -0.4 is 0 Å². The standard InChI is InChI=1S/C12H13FN2O4.ClH/c13-9-3-1-4-10(15(18)19)8(9)7-14-6-2-5-11(14)12(16)17;/h1,3-4,11H,2,5-7H2,(H,16,17);1H/t11-;/m0./s1. The zero-order valence-electron chi connectivity index (χ0n) is 10.5. The molecule has 0 aromatic heterocycles.